The molecule has 1 saturated heterocycles. The number of hydrogen-bond acceptors (Lipinski definition) is 4. The molecule has 0 radical (unpaired) electrons. The molecule has 3 aromatic carbocycles. The van der Waals surface area contributed by atoms with Crippen molar-refractivity contribution in [1.82, 2.24) is 15.1 Å². The Balaban J connectivity index is 0.00000289. The number of aromatic nitrogens is 2. The van der Waals surface area contributed by atoms with Gasteiger partial charge < -0.3 is 15.1 Å². The molecule has 180 valence electrons. The lowest BCUT2D eigenvalue weighted by atomic mass is 10.0. The summed E-state index contributed by atoms with van der Waals surface area (Å²) in [5.41, 5.74) is 1.78. The third kappa shape index (κ3) is 4.88. The molecule has 5 rings (SSSR count). The molecule has 1 aliphatic heterocycles. The molecular weight excluding hydrogens is 472 g/mol. The van der Waals surface area contributed by atoms with Gasteiger partial charge in [0.1, 0.15) is 17.3 Å². The van der Waals surface area contributed by atoms with E-state index < -0.39 is 17.7 Å². The molecule has 9 heteroatoms. The Bertz CT molecular complexity index is 1350. The second-order valence-corrected chi connectivity index (χ2v) is 8.33. The summed E-state index contributed by atoms with van der Waals surface area (Å²) in [6.07, 6.45) is 0. The molecule has 1 N–H and O–H groups in total. The summed E-state index contributed by atoms with van der Waals surface area (Å²) < 4.78 is 27.1. The van der Waals surface area contributed by atoms with Crippen molar-refractivity contribution < 1.29 is 13.6 Å². The van der Waals surface area contributed by atoms with Crippen LogP contribution in [0.3, 0.4) is 0 Å². The number of urea groups is 1. The van der Waals surface area contributed by atoms with Gasteiger partial charge >= 0.3 is 6.03 Å². The highest BCUT2D eigenvalue weighted by Gasteiger charge is 2.29. The van der Waals surface area contributed by atoms with Crippen LogP contribution in [-0.4, -0.2) is 46.8 Å². The van der Waals surface area contributed by atoms with Crippen LogP contribution in [0.1, 0.15) is 6.92 Å². The summed E-state index contributed by atoms with van der Waals surface area (Å²) in [7, 11) is 0. The number of nitrogens with zero attached hydrogens (tertiary/aromatic N) is 4. The van der Waals surface area contributed by atoms with Crippen molar-refractivity contribution in [3.05, 3.63) is 84.4 Å². The van der Waals surface area contributed by atoms with Crippen LogP contribution in [0.15, 0.2) is 72.8 Å². The number of piperazine rings is 1. The van der Waals surface area contributed by atoms with Gasteiger partial charge in [-0.25, -0.2) is 13.6 Å². The van der Waals surface area contributed by atoms with E-state index >= 15 is 0 Å². The summed E-state index contributed by atoms with van der Waals surface area (Å²) in [6, 6.07) is 20.5. The minimum Gasteiger partial charge on any atom is -0.351 e. The number of nitrogens with one attached hydrogen (secondary N) is 1. The fraction of sp³-hybridized carbons (Fsp3) is 0.192. The fourth-order valence-electron chi connectivity index (χ4n) is 4.36. The average Bonchev–Trinajstić information content (AvgIpc) is 2.85. The number of fused-ring (bicyclic) bond motifs is 1. The first kappa shape index (κ1) is 24.3. The van der Waals surface area contributed by atoms with Gasteiger partial charge in [0.15, 0.2) is 5.82 Å². The number of halogens is 3. The lowest BCUT2D eigenvalue weighted by Crippen LogP contribution is -2.55. The molecule has 2 amide bonds. The van der Waals surface area contributed by atoms with Crippen LogP contribution in [0.4, 0.5) is 25.1 Å². The van der Waals surface area contributed by atoms with Gasteiger partial charge in [-0.1, -0.05) is 54.6 Å². The predicted molar refractivity (Wildman–Crippen MR) is 136 cm³/mol. The summed E-state index contributed by atoms with van der Waals surface area (Å²) in [5.74, 6) is -0.726. The van der Waals surface area contributed by atoms with E-state index in [-0.39, 0.29) is 24.1 Å². The van der Waals surface area contributed by atoms with Crippen molar-refractivity contribution in [3.63, 3.8) is 0 Å². The number of amides is 2. The molecule has 0 unspecified atom stereocenters. The maximum absolute atomic E-state index is 14.0. The molecule has 2 heterocycles. The summed E-state index contributed by atoms with van der Waals surface area (Å²) >= 11 is 0. The number of carbonyl (C=O) groups is 1. The molecule has 1 atom stereocenters. The Morgan fingerprint density at radius 3 is 2.37 bits per heavy atom. The Labute approximate surface area is 208 Å². The zero-order chi connectivity index (χ0) is 23.7. The van der Waals surface area contributed by atoms with Crippen molar-refractivity contribution in [2.45, 2.75) is 13.0 Å². The molecule has 1 aromatic heterocycles. The molecule has 35 heavy (non-hydrogen) atoms. The van der Waals surface area contributed by atoms with E-state index in [0.29, 0.717) is 19.6 Å². The molecule has 4 aromatic rings. The molecule has 1 fully saturated rings. The molecule has 0 saturated carbocycles. The molecular formula is C26H24ClF2N5O. The van der Waals surface area contributed by atoms with Crippen molar-refractivity contribution in [3.8, 4) is 11.3 Å². The molecule has 1 aliphatic rings. The van der Waals surface area contributed by atoms with Crippen molar-refractivity contribution in [2.24, 2.45) is 0 Å². The van der Waals surface area contributed by atoms with Crippen molar-refractivity contribution in [1.29, 1.82) is 0 Å². The Morgan fingerprint density at radius 1 is 0.943 bits per heavy atom. The predicted octanol–water partition coefficient (Wildman–Crippen LogP) is 5.74. The zero-order valence-corrected chi connectivity index (χ0v) is 19.8. The van der Waals surface area contributed by atoms with Crippen LogP contribution in [0, 0.1) is 11.6 Å². The highest BCUT2D eigenvalue weighted by molar-refractivity contribution is 6.00. The first-order valence-corrected chi connectivity index (χ1v) is 11.1. The monoisotopic (exact) mass is 495 g/mol. The Morgan fingerprint density at radius 2 is 1.66 bits per heavy atom. The Hall–Kier alpha value is -3.78. The summed E-state index contributed by atoms with van der Waals surface area (Å²) in [4.78, 5) is 16.5. The smallest absolute Gasteiger partial charge is 0.322 e. The topological polar surface area (TPSA) is 61.4 Å². The number of benzene rings is 3. The first-order valence-electron chi connectivity index (χ1n) is 11.1. The standard InChI is InChI=1S/C26H23F2N5O.ClH/c1-17-16-32(13-14-33(17)26(34)29-23-12-11-19(27)15-22(23)28)25-21-10-6-5-9-20(21)24(30-31-25)18-7-3-2-4-8-18;/h2-12,15,17H,13-14,16H2,1H3,(H,29,34);1H/t17-;/m0./s1. The summed E-state index contributed by atoms with van der Waals surface area (Å²) in [5, 5.41) is 13.7. The third-order valence-corrected chi connectivity index (χ3v) is 6.08. The van der Waals surface area contributed by atoms with E-state index in [4.69, 9.17) is 0 Å². The van der Waals surface area contributed by atoms with Crippen molar-refractivity contribution >= 4 is 40.7 Å². The third-order valence-electron chi connectivity index (χ3n) is 6.08. The van der Waals surface area contributed by atoms with Crippen LogP contribution in [0.5, 0.6) is 0 Å². The van der Waals surface area contributed by atoms with E-state index in [2.05, 4.69) is 20.4 Å². The van der Waals surface area contributed by atoms with E-state index in [1.807, 2.05) is 61.5 Å². The van der Waals surface area contributed by atoms with Gasteiger partial charge in [-0.2, -0.15) is 0 Å². The minimum absolute atomic E-state index is 0. The zero-order valence-electron chi connectivity index (χ0n) is 19.0. The van der Waals surface area contributed by atoms with Gasteiger partial charge in [-0.05, 0) is 19.1 Å². The summed E-state index contributed by atoms with van der Waals surface area (Å²) in [6.45, 7) is 3.45. The van der Waals surface area contributed by atoms with Gasteiger partial charge in [0.05, 0.1) is 5.69 Å². The van der Waals surface area contributed by atoms with Crippen LogP contribution < -0.4 is 10.2 Å². The fourth-order valence-corrected chi connectivity index (χ4v) is 4.36. The molecule has 6 nitrogen and oxygen atoms in total. The van der Waals surface area contributed by atoms with Crippen LogP contribution >= 0.6 is 12.4 Å². The SMILES string of the molecule is C[C@H]1CN(c2nnc(-c3ccccc3)c3ccccc23)CCN1C(=O)Nc1ccc(F)cc1F.Cl. The molecule has 0 aliphatic carbocycles. The van der Waals surface area contributed by atoms with E-state index in [1.54, 1.807) is 4.90 Å². The molecule has 0 bridgehead atoms. The van der Waals surface area contributed by atoms with Gasteiger partial charge in [-0.3, -0.25) is 0 Å². The van der Waals surface area contributed by atoms with Gasteiger partial charge in [0.25, 0.3) is 0 Å². The second kappa shape index (κ2) is 10.2. The minimum atomic E-state index is -0.806. The quantitative estimate of drug-likeness (QED) is 0.394. The van der Waals surface area contributed by atoms with Crippen LogP contribution in [0.25, 0.3) is 22.0 Å². The first-order chi connectivity index (χ1) is 16.5. The van der Waals surface area contributed by atoms with Crippen LogP contribution in [0.2, 0.25) is 0 Å². The lowest BCUT2D eigenvalue weighted by molar-refractivity contribution is 0.184. The Kier molecular flexibility index (Phi) is 7.12. The van der Waals surface area contributed by atoms with Gasteiger partial charge in [0.2, 0.25) is 0 Å². The number of anilines is 2. The average molecular weight is 496 g/mol. The number of carbonyl (C=O) groups excluding carboxylic acids is 1. The molecule has 0 spiro atoms. The highest BCUT2D eigenvalue weighted by atomic mass is 35.5. The van der Waals surface area contributed by atoms with Gasteiger partial charge in [-0.15, -0.1) is 22.6 Å². The number of hydrogen-bond donors (Lipinski definition) is 1. The van der Waals surface area contributed by atoms with E-state index in [1.165, 1.54) is 6.07 Å². The van der Waals surface area contributed by atoms with Crippen LogP contribution in [-0.2, 0) is 0 Å². The van der Waals surface area contributed by atoms with E-state index in [0.717, 1.165) is 40.0 Å². The maximum atomic E-state index is 14.0. The lowest BCUT2D eigenvalue weighted by Gasteiger charge is -2.40. The largest absolute Gasteiger partial charge is 0.351 e. The normalized spacial score (nSPS) is 15.6. The number of rotatable bonds is 3. The second-order valence-electron chi connectivity index (χ2n) is 8.33. The van der Waals surface area contributed by atoms with E-state index in [9.17, 15) is 13.6 Å². The van der Waals surface area contributed by atoms with Gasteiger partial charge in [0, 0.05) is 48.1 Å². The highest BCUT2D eigenvalue weighted by Crippen LogP contribution is 2.32. The van der Waals surface area contributed by atoms with Crippen molar-refractivity contribution in [2.75, 3.05) is 29.9 Å². The maximum Gasteiger partial charge on any atom is 0.322 e.